The number of aliphatic imine (C=N–C) groups is 1. The standard InChI is InChI=1S/C30H36N2O/c1-33-27-8-9-28-24(15-27)14-26(13-19-2-3-19)31-29(28)23-4-6-25(7-5-23)32-30-16-20-10-21(17-30)12-22(11-20)18-30/h4-9,15,19-22,26,32H,2-3,10-14,16-18H2,1H3/t20?,21?,22?,26-,30?/m0/s1. The lowest BCUT2D eigenvalue weighted by molar-refractivity contribution is 0.0107. The number of methoxy groups -OCH3 is 1. The second kappa shape index (κ2) is 7.61. The molecule has 2 aromatic rings. The van der Waals surface area contributed by atoms with E-state index in [0.717, 1.165) is 35.8 Å². The molecule has 5 aliphatic carbocycles. The molecule has 1 aliphatic heterocycles. The van der Waals surface area contributed by atoms with E-state index in [1.807, 2.05) is 0 Å². The number of benzene rings is 2. The summed E-state index contributed by atoms with van der Waals surface area (Å²) in [4.78, 5) is 5.29. The van der Waals surface area contributed by atoms with Crippen LogP contribution >= 0.6 is 0 Å². The number of fused-ring (bicyclic) bond motifs is 1. The van der Waals surface area contributed by atoms with Gasteiger partial charge in [-0.15, -0.1) is 0 Å². The van der Waals surface area contributed by atoms with Gasteiger partial charge in [0.05, 0.1) is 18.9 Å². The van der Waals surface area contributed by atoms with Gasteiger partial charge in [-0.25, -0.2) is 0 Å². The summed E-state index contributed by atoms with van der Waals surface area (Å²) in [5, 5.41) is 4.04. The van der Waals surface area contributed by atoms with Gasteiger partial charge in [0.2, 0.25) is 0 Å². The van der Waals surface area contributed by atoms with Gasteiger partial charge in [0.15, 0.2) is 0 Å². The zero-order valence-corrected chi connectivity index (χ0v) is 19.9. The number of hydrogen-bond donors (Lipinski definition) is 1. The van der Waals surface area contributed by atoms with Gasteiger partial charge in [0.25, 0.3) is 0 Å². The summed E-state index contributed by atoms with van der Waals surface area (Å²) in [6, 6.07) is 16.1. The van der Waals surface area contributed by atoms with Crippen LogP contribution in [0.2, 0.25) is 0 Å². The minimum Gasteiger partial charge on any atom is -0.497 e. The fourth-order valence-corrected chi connectivity index (χ4v) is 8.03. The van der Waals surface area contributed by atoms with Crippen LogP contribution in [0.25, 0.3) is 0 Å². The Kier molecular flexibility index (Phi) is 4.64. The molecule has 0 amide bonds. The highest BCUT2D eigenvalue weighted by Crippen LogP contribution is 2.56. The fourth-order valence-electron chi connectivity index (χ4n) is 8.03. The molecule has 0 spiro atoms. The van der Waals surface area contributed by atoms with Crippen molar-refractivity contribution in [1.29, 1.82) is 0 Å². The van der Waals surface area contributed by atoms with Crippen molar-refractivity contribution in [3.05, 3.63) is 59.2 Å². The van der Waals surface area contributed by atoms with Crippen molar-refractivity contribution in [2.24, 2.45) is 28.7 Å². The minimum atomic E-state index is 0.358. The number of ether oxygens (including phenoxy) is 1. The van der Waals surface area contributed by atoms with Crippen LogP contribution in [0, 0.1) is 23.7 Å². The molecule has 172 valence electrons. The van der Waals surface area contributed by atoms with Crippen LogP contribution in [-0.2, 0) is 6.42 Å². The first-order valence-electron chi connectivity index (χ1n) is 13.3. The predicted octanol–water partition coefficient (Wildman–Crippen LogP) is 6.64. The summed E-state index contributed by atoms with van der Waals surface area (Å²) in [5.74, 6) is 4.75. The monoisotopic (exact) mass is 440 g/mol. The van der Waals surface area contributed by atoms with Crippen LogP contribution in [0.5, 0.6) is 5.75 Å². The Hall–Kier alpha value is -2.29. The normalized spacial score (nSPS) is 34.0. The Balaban J connectivity index is 1.16. The molecule has 33 heavy (non-hydrogen) atoms. The van der Waals surface area contributed by atoms with Crippen LogP contribution in [0.15, 0.2) is 47.5 Å². The average molecular weight is 441 g/mol. The molecule has 0 saturated heterocycles. The topological polar surface area (TPSA) is 33.6 Å². The van der Waals surface area contributed by atoms with Gasteiger partial charge in [-0.05, 0) is 111 Å². The van der Waals surface area contributed by atoms with E-state index in [1.54, 1.807) is 7.11 Å². The molecule has 5 saturated carbocycles. The van der Waals surface area contributed by atoms with E-state index in [-0.39, 0.29) is 0 Å². The van der Waals surface area contributed by atoms with Crippen molar-refractivity contribution in [1.82, 2.24) is 0 Å². The van der Waals surface area contributed by atoms with E-state index in [4.69, 9.17) is 9.73 Å². The molecule has 3 nitrogen and oxygen atoms in total. The fraction of sp³-hybridized carbons (Fsp3) is 0.567. The van der Waals surface area contributed by atoms with Crippen LogP contribution in [0.3, 0.4) is 0 Å². The molecule has 1 atom stereocenters. The zero-order chi connectivity index (χ0) is 22.0. The number of nitrogens with zero attached hydrogens (tertiary/aromatic N) is 1. The van der Waals surface area contributed by atoms with Crippen molar-refractivity contribution >= 4 is 11.4 Å². The summed E-state index contributed by atoms with van der Waals surface area (Å²) < 4.78 is 5.53. The highest BCUT2D eigenvalue weighted by Gasteiger charge is 2.50. The van der Waals surface area contributed by atoms with Gasteiger partial charge in [-0.1, -0.05) is 25.0 Å². The van der Waals surface area contributed by atoms with Gasteiger partial charge in [-0.3, -0.25) is 4.99 Å². The molecule has 3 heteroatoms. The van der Waals surface area contributed by atoms with Crippen molar-refractivity contribution in [3.8, 4) is 5.75 Å². The van der Waals surface area contributed by atoms with Crippen LogP contribution in [0.4, 0.5) is 5.69 Å². The summed E-state index contributed by atoms with van der Waals surface area (Å²) in [5.41, 5.74) is 6.74. The SMILES string of the molecule is COc1ccc2c(c1)C[C@H](CC1CC1)N=C2c1ccc(NC23CC4CC(CC(C4)C2)C3)cc1. The highest BCUT2D eigenvalue weighted by molar-refractivity contribution is 6.14. The quantitative estimate of drug-likeness (QED) is 0.546. The van der Waals surface area contributed by atoms with Gasteiger partial charge in [0.1, 0.15) is 5.75 Å². The van der Waals surface area contributed by atoms with Crippen molar-refractivity contribution < 1.29 is 4.74 Å². The van der Waals surface area contributed by atoms with E-state index in [1.165, 1.54) is 85.9 Å². The Morgan fingerprint density at radius 3 is 2.27 bits per heavy atom. The lowest BCUT2D eigenvalue weighted by Gasteiger charge is -2.57. The summed E-state index contributed by atoms with van der Waals surface area (Å²) >= 11 is 0. The molecule has 6 aliphatic rings. The van der Waals surface area contributed by atoms with Crippen LogP contribution in [0.1, 0.15) is 74.5 Å². The lowest BCUT2D eigenvalue weighted by Crippen LogP contribution is -2.54. The van der Waals surface area contributed by atoms with E-state index < -0.39 is 0 Å². The number of nitrogens with one attached hydrogen (secondary N) is 1. The largest absolute Gasteiger partial charge is 0.497 e. The van der Waals surface area contributed by atoms with E-state index in [2.05, 4.69) is 47.8 Å². The first-order chi connectivity index (χ1) is 16.1. The Bertz CT molecular complexity index is 1050. The zero-order valence-electron chi connectivity index (χ0n) is 19.9. The first-order valence-corrected chi connectivity index (χ1v) is 13.3. The molecule has 2 aromatic carbocycles. The molecule has 5 fully saturated rings. The third-order valence-corrected chi connectivity index (χ3v) is 9.24. The summed E-state index contributed by atoms with van der Waals surface area (Å²) in [6.45, 7) is 0. The molecule has 0 aromatic heterocycles. The Morgan fingerprint density at radius 1 is 0.939 bits per heavy atom. The molecular formula is C30H36N2O. The third-order valence-electron chi connectivity index (χ3n) is 9.24. The maximum atomic E-state index is 5.53. The van der Waals surface area contributed by atoms with Gasteiger partial charge in [0, 0.05) is 22.4 Å². The van der Waals surface area contributed by atoms with E-state index in [0.29, 0.717) is 11.6 Å². The van der Waals surface area contributed by atoms with Crippen molar-refractivity contribution in [2.75, 3.05) is 12.4 Å². The van der Waals surface area contributed by atoms with Crippen molar-refractivity contribution in [3.63, 3.8) is 0 Å². The van der Waals surface area contributed by atoms with Crippen LogP contribution in [-0.4, -0.2) is 24.4 Å². The van der Waals surface area contributed by atoms with E-state index >= 15 is 0 Å². The maximum Gasteiger partial charge on any atom is 0.119 e. The molecule has 0 radical (unpaired) electrons. The molecule has 8 rings (SSSR count). The summed E-state index contributed by atoms with van der Waals surface area (Å²) in [6.07, 6.45) is 13.7. The van der Waals surface area contributed by atoms with Crippen molar-refractivity contribution in [2.45, 2.75) is 75.8 Å². The molecule has 1 heterocycles. The Morgan fingerprint density at radius 2 is 1.64 bits per heavy atom. The minimum absolute atomic E-state index is 0.358. The predicted molar refractivity (Wildman–Crippen MR) is 134 cm³/mol. The maximum absolute atomic E-state index is 5.53. The van der Waals surface area contributed by atoms with E-state index in [9.17, 15) is 0 Å². The molecule has 4 bridgehead atoms. The second-order valence-corrected chi connectivity index (χ2v) is 11.9. The summed E-state index contributed by atoms with van der Waals surface area (Å²) in [7, 11) is 1.76. The number of hydrogen-bond acceptors (Lipinski definition) is 3. The number of anilines is 1. The highest BCUT2D eigenvalue weighted by atomic mass is 16.5. The molecular weight excluding hydrogens is 404 g/mol. The first kappa shape index (κ1) is 20.1. The number of rotatable bonds is 6. The molecule has 1 N–H and O–H groups in total. The second-order valence-electron chi connectivity index (χ2n) is 11.9. The van der Waals surface area contributed by atoms with Crippen LogP contribution < -0.4 is 10.1 Å². The third kappa shape index (κ3) is 3.78. The van der Waals surface area contributed by atoms with Gasteiger partial charge < -0.3 is 10.1 Å². The van der Waals surface area contributed by atoms with Gasteiger partial charge >= 0.3 is 0 Å². The smallest absolute Gasteiger partial charge is 0.119 e. The van der Waals surface area contributed by atoms with Gasteiger partial charge in [-0.2, -0.15) is 0 Å². The molecule has 0 unspecified atom stereocenters. The lowest BCUT2D eigenvalue weighted by atomic mass is 9.53. The Labute approximate surface area is 198 Å². The average Bonchev–Trinajstić information content (AvgIpc) is 3.61.